The molecule has 4 N–H and O–H groups in total. The van der Waals surface area contributed by atoms with Crippen molar-refractivity contribution < 1.29 is 9.59 Å². The minimum absolute atomic E-state index is 0.0789. The molecule has 33 heavy (non-hydrogen) atoms. The third-order valence-electron chi connectivity index (χ3n) is 4.49. The molecule has 172 valence electrons. The number of benzene rings is 1. The van der Waals surface area contributed by atoms with Crippen molar-refractivity contribution in [1.29, 1.82) is 0 Å². The van der Waals surface area contributed by atoms with Gasteiger partial charge in [-0.05, 0) is 18.4 Å². The quantitative estimate of drug-likeness (QED) is 0.252. The molecule has 0 aliphatic rings. The standard InChI is InChI=1S/C23H27N7O2S/c1-16(31)24-11-12-25-19-15-20(30-21(29-19)17-7-4-3-5-8-17)26-13-14-27-22(32)18-9-6-10-28-23(18)33-2/h3-10,15H,11-14H2,1-2H3,(H,24,31)(H,27,32)(H2,25,26,29,30). The van der Waals surface area contributed by atoms with Gasteiger partial charge in [0, 0.05) is 50.9 Å². The summed E-state index contributed by atoms with van der Waals surface area (Å²) >= 11 is 1.44. The Labute approximate surface area is 197 Å². The molecule has 3 aromatic rings. The second-order valence-corrected chi connectivity index (χ2v) is 7.78. The van der Waals surface area contributed by atoms with Crippen LogP contribution < -0.4 is 21.3 Å². The van der Waals surface area contributed by atoms with E-state index < -0.39 is 0 Å². The molecule has 2 heterocycles. The van der Waals surface area contributed by atoms with Gasteiger partial charge in [0.25, 0.3) is 5.91 Å². The van der Waals surface area contributed by atoms with E-state index in [0.29, 0.717) is 54.2 Å². The van der Waals surface area contributed by atoms with Crippen molar-refractivity contribution >= 4 is 35.2 Å². The lowest BCUT2D eigenvalue weighted by Crippen LogP contribution is -2.29. The van der Waals surface area contributed by atoms with Crippen LogP contribution in [0.15, 0.2) is 59.8 Å². The minimum atomic E-state index is -0.165. The van der Waals surface area contributed by atoms with Crippen LogP contribution in [0.1, 0.15) is 17.3 Å². The molecule has 0 fully saturated rings. The Balaban J connectivity index is 1.62. The van der Waals surface area contributed by atoms with Gasteiger partial charge in [0.1, 0.15) is 16.7 Å². The molecule has 0 atom stereocenters. The van der Waals surface area contributed by atoms with Crippen molar-refractivity contribution in [3.05, 3.63) is 60.3 Å². The molecule has 1 aromatic carbocycles. The molecular formula is C23H27N7O2S. The number of carbonyl (C=O) groups is 2. The van der Waals surface area contributed by atoms with Gasteiger partial charge in [-0.3, -0.25) is 9.59 Å². The van der Waals surface area contributed by atoms with Crippen LogP contribution in [0.4, 0.5) is 11.6 Å². The van der Waals surface area contributed by atoms with Gasteiger partial charge in [-0.15, -0.1) is 11.8 Å². The topological polar surface area (TPSA) is 121 Å². The minimum Gasteiger partial charge on any atom is -0.368 e. The van der Waals surface area contributed by atoms with E-state index in [2.05, 4.69) is 36.2 Å². The molecule has 0 aliphatic heterocycles. The highest BCUT2D eigenvalue weighted by Crippen LogP contribution is 2.20. The molecule has 0 spiro atoms. The van der Waals surface area contributed by atoms with E-state index in [1.165, 1.54) is 18.7 Å². The first-order valence-corrected chi connectivity index (χ1v) is 11.7. The first-order valence-electron chi connectivity index (χ1n) is 10.5. The Morgan fingerprint density at radius 2 is 1.55 bits per heavy atom. The fourth-order valence-corrected chi connectivity index (χ4v) is 3.51. The number of carbonyl (C=O) groups excluding carboxylic acids is 2. The van der Waals surface area contributed by atoms with Crippen LogP contribution in [0.3, 0.4) is 0 Å². The number of anilines is 2. The van der Waals surface area contributed by atoms with Crippen molar-refractivity contribution in [3.63, 3.8) is 0 Å². The highest BCUT2D eigenvalue weighted by Gasteiger charge is 2.11. The van der Waals surface area contributed by atoms with Gasteiger partial charge >= 0.3 is 0 Å². The number of pyridine rings is 1. The van der Waals surface area contributed by atoms with Gasteiger partial charge in [0.15, 0.2) is 5.82 Å². The highest BCUT2D eigenvalue weighted by atomic mass is 32.2. The Hall–Kier alpha value is -3.66. The van der Waals surface area contributed by atoms with Crippen LogP contribution in [-0.4, -0.2) is 59.2 Å². The average Bonchev–Trinajstić information content (AvgIpc) is 2.84. The van der Waals surface area contributed by atoms with E-state index in [9.17, 15) is 9.59 Å². The van der Waals surface area contributed by atoms with Crippen LogP contribution >= 0.6 is 11.8 Å². The summed E-state index contributed by atoms with van der Waals surface area (Å²) in [7, 11) is 0. The highest BCUT2D eigenvalue weighted by molar-refractivity contribution is 7.98. The number of hydrogen-bond donors (Lipinski definition) is 4. The fraction of sp³-hybridized carbons (Fsp3) is 0.261. The van der Waals surface area contributed by atoms with E-state index in [0.717, 1.165) is 5.56 Å². The first-order chi connectivity index (χ1) is 16.1. The number of nitrogens with zero attached hydrogens (tertiary/aromatic N) is 3. The van der Waals surface area contributed by atoms with Crippen LogP contribution in [-0.2, 0) is 4.79 Å². The van der Waals surface area contributed by atoms with E-state index in [1.54, 1.807) is 24.4 Å². The van der Waals surface area contributed by atoms with E-state index in [1.807, 2.05) is 36.6 Å². The molecule has 0 aliphatic carbocycles. The summed E-state index contributed by atoms with van der Waals surface area (Å²) in [6.45, 7) is 3.40. The molecule has 2 aromatic heterocycles. The zero-order valence-corrected chi connectivity index (χ0v) is 19.4. The van der Waals surface area contributed by atoms with E-state index in [4.69, 9.17) is 0 Å². The van der Waals surface area contributed by atoms with E-state index in [-0.39, 0.29) is 11.8 Å². The molecule has 3 rings (SSSR count). The van der Waals surface area contributed by atoms with Crippen LogP contribution in [0.5, 0.6) is 0 Å². The summed E-state index contributed by atoms with van der Waals surface area (Å²) in [5.74, 6) is 1.60. The van der Waals surface area contributed by atoms with Crippen molar-refractivity contribution in [2.45, 2.75) is 11.9 Å². The van der Waals surface area contributed by atoms with Crippen LogP contribution in [0.2, 0.25) is 0 Å². The molecule has 0 saturated carbocycles. The maximum atomic E-state index is 12.5. The smallest absolute Gasteiger partial charge is 0.254 e. The normalized spacial score (nSPS) is 10.4. The third-order valence-corrected chi connectivity index (χ3v) is 5.20. The van der Waals surface area contributed by atoms with Gasteiger partial charge in [-0.2, -0.15) is 0 Å². The van der Waals surface area contributed by atoms with Crippen molar-refractivity contribution in [1.82, 2.24) is 25.6 Å². The summed E-state index contributed by atoms with van der Waals surface area (Å²) < 4.78 is 0. The summed E-state index contributed by atoms with van der Waals surface area (Å²) in [6.07, 6.45) is 3.56. The monoisotopic (exact) mass is 465 g/mol. The molecule has 0 radical (unpaired) electrons. The van der Waals surface area contributed by atoms with Gasteiger partial charge in [0.05, 0.1) is 5.56 Å². The number of hydrogen-bond acceptors (Lipinski definition) is 8. The average molecular weight is 466 g/mol. The summed E-state index contributed by atoms with van der Waals surface area (Å²) in [5, 5.41) is 12.8. The maximum Gasteiger partial charge on any atom is 0.254 e. The van der Waals surface area contributed by atoms with Gasteiger partial charge in [-0.25, -0.2) is 15.0 Å². The lowest BCUT2D eigenvalue weighted by molar-refractivity contribution is -0.118. The number of nitrogens with one attached hydrogen (secondary N) is 4. The zero-order chi connectivity index (χ0) is 23.5. The second kappa shape index (κ2) is 12.4. The molecular weight excluding hydrogens is 438 g/mol. The summed E-state index contributed by atoms with van der Waals surface area (Å²) in [5.41, 5.74) is 1.45. The SMILES string of the molecule is CSc1ncccc1C(=O)NCCNc1cc(NCCNC(C)=O)nc(-c2ccccc2)n1. The first kappa shape index (κ1) is 24.0. The number of rotatable bonds is 11. The Morgan fingerprint density at radius 1 is 0.879 bits per heavy atom. The van der Waals surface area contributed by atoms with Crippen molar-refractivity contribution in [2.24, 2.45) is 0 Å². The van der Waals surface area contributed by atoms with Crippen molar-refractivity contribution in [3.8, 4) is 11.4 Å². The number of thioether (sulfide) groups is 1. The van der Waals surface area contributed by atoms with E-state index >= 15 is 0 Å². The predicted molar refractivity (Wildman–Crippen MR) is 131 cm³/mol. The van der Waals surface area contributed by atoms with Crippen LogP contribution in [0.25, 0.3) is 11.4 Å². The summed E-state index contributed by atoms with van der Waals surface area (Å²) in [6, 6.07) is 15.0. The lowest BCUT2D eigenvalue weighted by atomic mass is 10.2. The molecule has 0 bridgehead atoms. The predicted octanol–water partition coefficient (Wildman–Crippen LogP) is 2.65. The van der Waals surface area contributed by atoms with Crippen LogP contribution in [0, 0.1) is 0 Å². The number of aromatic nitrogens is 3. The lowest BCUT2D eigenvalue weighted by Gasteiger charge is -2.12. The largest absolute Gasteiger partial charge is 0.368 e. The van der Waals surface area contributed by atoms with Gasteiger partial charge in [0.2, 0.25) is 5.91 Å². The van der Waals surface area contributed by atoms with Gasteiger partial charge in [-0.1, -0.05) is 30.3 Å². The maximum absolute atomic E-state index is 12.5. The Bertz CT molecular complexity index is 1080. The molecule has 0 saturated heterocycles. The molecule has 0 unspecified atom stereocenters. The van der Waals surface area contributed by atoms with Gasteiger partial charge < -0.3 is 21.3 Å². The fourth-order valence-electron chi connectivity index (χ4n) is 2.96. The zero-order valence-electron chi connectivity index (χ0n) is 18.6. The Kier molecular flexibility index (Phi) is 9.01. The molecule has 10 heteroatoms. The summed E-state index contributed by atoms with van der Waals surface area (Å²) in [4.78, 5) is 36.9. The number of amides is 2. The Morgan fingerprint density at radius 3 is 2.18 bits per heavy atom. The second-order valence-electron chi connectivity index (χ2n) is 6.98. The van der Waals surface area contributed by atoms with Crippen molar-refractivity contribution in [2.75, 3.05) is 43.1 Å². The third kappa shape index (κ3) is 7.46. The molecule has 9 nitrogen and oxygen atoms in total. The molecule has 2 amide bonds.